The summed E-state index contributed by atoms with van der Waals surface area (Å²) in [7, 11) is 0. The number of nitrogens with one attached hydrogen (secondary N) is 1. The van der Waals surface area contributed by atoms with Crippen LogP contribution in [-0.2, 0) is 0 Å². The molecule has 4 heteroatoms. The molecule has 3 nitrogen and oxygen atoms in total. The third-order valence-corrected chi connectivity index (χ3v) is 2.52. The summed E-state index contributed by atoms with van der Waals surface area (Å²) >= 11 is 1.38. The number of thiophene rings is 1. The van der Waals surface area contributed by atoms with Gasteiger partial charge in [-0.05, 0) is 12.5 Å². The highest BCUT2D eigenvalue weighted by atomic mass is 32.1. The number of nitriles is 1. The van der Waals surface area contributed by atoms with E-state index in [1.54, 1.807) is 6.07 Å². The minimum absolute atomic E-state index is 0.550. The van der Waals surface area contributed by atoms with E-state index in [2.05, 4.69) is 11.9 Å². The fourth-order valence-electron chi connectivity index (χ4n) is 0.877. The van der Waals surface area contributed by atoms with Gasteiger partial charge in [-0.1, -0.05) is 6.08 Å². The minimum Gasteiger partial charge on any atom is -0.397 e. The predicted octanol–water partition coefficient (Wildman–Crippen LogP) is 2.19. The minimum atomic E-state index is 0.550. The quantitative estimate of drug-likeness (QED) is 0.569. The van der Waals surface area contributed by atoms with Gasteiger partial charge >= 0.3 is 0 Å². The maximum absolute atomic E-state index is 8.64. The number of anilines is 2. The standard InChI is InChI=1S/C9H11N3S/c1-2-3-4-12-9-5-7(11)8(6-10)13-9/h2,5,12H,1,3-4,11H2. The summed E-state index contributed by atoms with van der Waals surface area (Å²) in [5, 5.41) is 12.7. The molecule has 0 saturated carbocycles. The van der Waals surface area contributed by atoms with Crippen LogP contribution in [0.15, 0.2) is 18.7 Å². The van der Waals surface area contributed by atoms with Crippen LogP contribution in [0.1, 0.15) is 11.3 Å². The lowest BCUT2D eigenvalue weighted by Crippen LogP contribution is -1.97. The van der Waals surface area contributed by atoms with Crippen LogP contribution in [0.4, 0.5) is 10.7 Å². The average molecular weight is 193 g/mol. The van der Waals surface area contributed by atoms with Crippen LogP contribution >= 0.6 is 11.3 Å². The fraction of sp³-hybridized carbons (Fsp3) is 0.222. The van der Waals surface area contributed by atoms with E-state index >= 15 is 0 Å². The lowest BCUT2D eigenvalue weighted by molar-refractivity contribution is 1.08. The van der Waals surface area contributed by atoms with Crippen molar-refractivity contribution < 1.29 is 0 Å². The van der Waals surface area contributed by atoms with Crippen LogP contribution in [0, 0.1) is 11.3 Å². The van der Waals surface area contributed by atoms with Crippen LogP contribution in [0.2, 0.25) is 0 Å². The van der Waals surface area contributed by atoms with E-state index in [9.17, 15) is 0 Å². The second-order valence-corrected chi connectivity index (χ2v) is 3.56. The average Bonchev–Trinajstić information content (AvgIpc) is 2.47. The van der Waals surface area contributed by atoms with Gasteiger partial charge in [0.05, 0.1) is 10.7 Å². The molecule has 3 N–H and O–H groups in total. The van der Waals surface area contributed by atoms with Crippen LogP contribution in [0.5, 0.6) is 0 Å². The molecular weight excluding hydrogens is 182 g/mol. The molecule has 0 amide bonds. The summed E-state index contributed by atoms with van der Waals surface area (Å²) in [4.78, 5) is 0.570. The maximum Gasteiger partial charge on any atom is 0.129 e. The summed E-state index contributed by atoms with van der Waals surface area (Å²) in [6, 6.07) is 3.82. The molecule has 0 aliphatic rings. The number of nitrogens with two attached hydrogens (primary N) is 1. The molecule has 0 aliphatic heterocycles. The molecule has 0 unspecified atom stereocenters. The Hall–Kier alpha value is -1.47. The Balaban J connectivity index is 2.59. The van der Waals surface area contributed by atoms with Gasteiger partial charge in [0.2, 0.25) is 0 Å². The zero-order valence-electron chi connectivity index (χ0n) is 7.21. The van der Waals surface area contributed by atoms with E-state index in [0.717, 1.165) is 18.0 Å². The molecule has 0 aliphatic carbocycles. The zero-order valence-corrected chi connectivity index (χ0v) is 8.03. The van der Waals surface area contributed by atoms with Crippen LogP contribution in [0.25, 0.3) is 0 Å². The molecule has 0 radical (unpaired) electrons. The number of hydrogen-bond acceptors (Lipinski definition) is 4. The first-order valence-corrected chi connectivity index (χ1v) is 4.73. The van der Waals surface area contributed by atoms with Gasteiger partial charge in [-0.2, -0.15) is 5.26 Å². The van der Waals surface area contributed by atoms with Crippen molar-refractivity contribution in [2.24, 2.45) is 0 Å². The Bertz CT molecular complexity index is 335. The fourth-order valence-corrected chi connectivity index (χ4v) is 1.68. The van der Waals surface area contributed by atoms with Crippen molar-refractivity contribution in [1.29, 1.82) is 5.26 Å². The van der Waals surface area contributed by atoms with Crippen molar-refractivity contribution in [3.8, 4) is 6.07 Å². The molecule has 1 aromatic heterocycles. The topological polar surface area (TPSA) is 61.8 Å². The van der Waals surface area contributed by atoms with Crippen LogP contribution in [0.3, 0.4) is 0 Å². The Morgan fingerprint density at radius 3 is 3.08 bits per heavy atom. The third-order valence-electron chi connectivity index (χ3n) is 1.51. The highest BCUT2D eigenvalue weighted by Crippen LogP contribution is 2.27. The van der Waals surface area contributed by atoms with Gasteiger partial charge < -0.3 is 11.1 Å². The van der Waals surface area contributed by atoms with Crippen molar-refractivity contribution in [2.45, 2.75) is 6.42 Å². The lowest BCUT2D eigenvalue weighted by atomic mass is 10.4. The molecule has 1 rings (SSSR count). The first kappa shape index (κ1) is 9.62. The zero-order chi connectivity index (χ0) is 9.68. The summed E-state index contributed by atoms with van der Waals surface area (Å²) in [5.74, 6) is 0. The Kier molecular flexibility index (Phi) is 3.35. The molecule has 0 atom stereocenters. The van der Waals surface area contributed by atoms with Crippen molar-refractivity contribution in [2.75, 3.05) is 17.6 Å². The Labute approximate surface area is 81.5 Å². The lowest BCUT2D eigenvalue weighted by Gasteiger charge is -1.98. The third kappa shape index (κ3) is 2.49. The molecule has 0 spiro atoms. The molecule has 1 heterocycles. The van der Waals surface area contributed by atoms with Crippen molar-refractivity contribution in [3.05, 3.63) is 23.6 Å². The summed E-state index contributed by atoms with van der Waals surface area (Å²) in [6.45, 7) is 4.44. The molecule has 0 bridgehead atoms. The summed E-state index contributed by atoms with van der Waals surface area (Å²) < 4.78 is 0. The first-order valence-electron chi connectivity index (χ1n) is 3.92. The van der Waals surface area contributed by atoms with Gasteiger partial charge in [0, 0.05) is 6.54 Å². The molecule has 68 valence electrons. The number of rotatable bonds is 4. The van der Waals surface area contributed by atoms with Gasteiger partial charge in [0.15, 0.2) is 0 Å². The van der Waals surface area contributed by atoms with Gasteiger partial charge in [0.25, 0.3) is 0 Å². The van der Waals surface area contributed by atoms with E-state index in [-0.39, 0.29) is 0 Å². The van der Waals surface area contributed by atoms with Crippen LogP contribution < -0.4 is 11.1 Å². The van der Waals surface area contributed by atoms with E-state index in [1.165, 1.54) is 11.3 Å². The van der Waals surface area contributed by atoms with Gasteiger partial charge in [0.1, 0.15) is 10.9 Å². The smallest absolute Gasteiger partial charge is 0.129 e. The molecule has 0 saturated heterocycles. The summed E-state index contributed by atoms with van der Waals surface area (Å²) in [6.07, 6.45) is 2.74. The first-order chi connectivity index (χ1) is 6.27. The maximum atomic E-state index is 8.64. The normalized spacial score (nSPS) is 9.15. The van der Waals surface area contributed by atoms with Gasteiger partial charge in [-0.3, -0.25) is 0 Å². The molecular formula is C9H11N3S. The molecule has 13 heavy (non-hydrogen) atoms. The van der Waals surface area contributed by atoms with Crippen molar-refractivity contribution >= 4 is 22.0 Å². The molecule has 0 aromatic carbocycles. The van der Waals surface area contributed by atoms with Crippen LogP contribution in [-0.4, -0.2) is 6.54 Å². The highest BCUT2D eigenvalue weighted by molar-refractivity contribution is 7.17. The predicted molar refractivity (Wildman–Crippen MR) is 56.8 cm³/mol. The number of nitrogens with zero attached hydrogens (tertiary/aromatic N) is 1. The molecule has 0 fully saturated rings. The highest BCUT2D eigenvalue weighted by Gasteiger charge is 2.03. The van der Waals surface area contributed by atoms with E-state index in [1.807, 2.05) is 12.1 Å². The van der Waals surface area contributed by atoms with E-state index < -0.39 is 0 Å². The monoisotopic (exact) mass is 193 g/mol. The second-order valence-electron chi connectivity index (χ2n) is 2.51. The Morgan fingerprint density at radius 1 is 1.77 bits per heavy atom. The molecule has 1 aromatic rings. The van der Waals surface area contributed by atoms with E-state index in [0.29, 0.717) is 10.6 Å². The van der Waals surface area contributed by atoms with Crippen molar-refractivity contribution in [1.82, 2.24) is 0 Å². The van der Waals surface area contributed by atoms with Gasteiger partial charge in [-0.15, -0.1) is 17.9 Å². The van der Waals surface area contributed by atoms with Gasteiger partial charge in [-0.25, -0.2) is 0 Å². The Morgan fingerprint density at radius 2 is 2.54 bits per heavy atom. The second kappa shape index (κ2) is 4.53. The number of nitrogen functional groups attached to an aromatic ring is 1. The largest absolute Gasteiger partial charge is 0.397 e. The number of hydrogen-bond donors (Lipinski definition) is 2. The summed E-state index contributed by atoms with van der Waals surface area (Å²) in [5.41, 5.74) is 6.13. The van der Waals surface area contributed by atoms with Crippen molar-refractivity contribution in [3.63, 3.8) is 0 Å². The SMILES string of the molecule is C=CCCNc1cc(N)c(C#N)s1. The van der Waals surface area contributed by atoms with E-state index in [4.69, 9.17) is 11.0 Å².